The third kappa shape index (κ3) is 1.40. The van der Waals surface area contributed by atoms with Crippen LogP contribution in [0.15, 0.2) is 0 Å². The van der Waals surface area contributed by atoms with Crippen molar-refractivity contribution in [3.05, 3.63) is 0 Å². The minimum Gasteiger partial charge on any atom is -0.123 e. The Hall–Kier alpha value is 0.290. The fraction of sp³-hybridized carbons (Fsp3) is 1.00. The van der Waals surface area contributed by atoms with Crippen LogP contribution in [0.3, 0.4) is 0 Å². The van der Waals surface area contributed by atoms with Crippen molar-refractivity contribution in [2.75, 3.05) is 0 Å². The Morgan fingerprint density at radius 2 is 2.11 bits per heavy atom. The van der Waals surface area contributed by atoms with Crippen LogP contribution in [0.2, 0.25) is 0 Å². The van der Waals surface area contributed by atoms with Crippen molar-refractivity contribution in [2.45, 2.75) is 38.5 Å². The van der Waals surface area contributed by atoms with Crippen molar-refractivity contribution >= 4 is 11.6 Å². The van der Waals surface area contributed by atoms with Gasteiger partial charge in [-0.1, -0.05) is 20.3 Å². The summed E-state index contributed by atoms with van der Waals surface area (Å²) in [6, 6.07) is 0. The van der Waals surface area contributed by atoms with Crippen molar-refractivity contribution in [3.8, 4) is 0 Å². The quantitative estimate of drug-likeness (QED) is 0.499. The van der Waals surface area contributed by atoms with Gasteiger partial charge in [-0.25, -0.2) is 0 Å². The molecule has 0 aliphatic heterocycles. The highest BCUT2D eigenvalue weighted by Gasteiger charge is 2.29. The molecule has 0 N–H and O–H groups in total. The smallest absolute Gasteiger partial charge is 0.0366 e. The lowest BCUT2D eigenvalue weighted by atomic mass is 9.96. The van der Waals surface area contributed by atoms with Crippen LogP contribution in [-0.4, -0.2) is 5.38 Å². The summed E-state index contributed by atoms with van der Waals surface area (Å²) in [7, 11) is 0. The lowest BCUT2D eigenvalue weighted by Crippen LogP contribution is -2.10. The molecule has 1 saturated carbocycles. The molecule has 0 aromatic rings. The Balaban J connectivity index is 2.44. The summed E-state index contributed by atoms with van der Waals surface area (Å²) in [6.07, 6.45) is 3.84. The minimum absolute atomic E-state index is 0.477. The molecular formula is C8H15Cl. The summed E-state index contributed by atoms with van der Waals surface area (Å²) in [5.74, 6) is 1.67. The molecule has 1 fully saturated rings. The van der Waals surface area contributed by atoms with E-state index in [1.807, 2.05) is 0 Å². The molecule has 0 radical (unpaired) electrons. The first-order valence-electron chi connectivity index (χ1n) is 3.89. The molecule has 0 amide bonds. The normalized spacial score (nSPS) is 43.7. The largest absolute Gasteiger partial charge is 0.123 e. The summed E-state index contributed by atoms with van der Waals surface area (Å²) in [4.78, 5) is 0. The van der Waals surface area contributed by atoms with Crippen LogP contribution in [0.25, 0.3) is 0 Å². The Labute approximate surface area is 62.6 Å². The lowest BCUT2D eigenvalue weighted by Gasteiger charge is -2.14. The van der Waals surface area contributed by atoms with E-state index in [1.165, 1.54) is 19.3 Å². The van der Waals surface area contributed by atoms with Crippen LogP contribution in [0.1, 0.15) is 33.1 Å². The molecule has 0 aromatic heterocycles. The van der Waals surface area contributed by atoms with Gasteiger partial charge in [0.25, 0.3) is 0 Å². The van der Waals surface area contributed by atoms with Gasteiger partial charge >= 0.3 is 0 Å². The Morgan fingerprint density at radius 3 is 2.33 bits per heavy atom. The van der Waals surface area contributed by atoms with Gasteiger partial charge < -0.3 is 0 Å². The van der Waals surface area contributed by atoms with Crippen LogP contribution < -0.4 is 0 Å². The SMILES string of the molecule is CCC1C(C)CCC1Cl. The molecule has 3 unspecified atom stereocenters. The summed E-state index contributed by atoms with van der Waals surface area (Å²) >= 11 is 6.07. The molecule has 0 saturated heterocycles. The fourth-order valence-electron chi connectivity index (χ4n) is 1.86. The third-order valence-electron chi connectivity index (χ3n) is 2.56. The van der Waals surface area contributed by atoms with Gasteiger partial charge in [-0.05, 0) is 24.7 Å². The average molecular weight is 147 g/mol. The maximum Gasteiger partial charge on any atom is 0.0366 e. The van der Waals surface area contributed by atoms with Crippen molar-refractivity contribution < 1.29 is 0 Å². The van der Waals surface area contributed by atoms with Crippen molar-refractivity contribution in [1.82, 2.24) is 0 Å². The zero-order valence-corrected chi connectivity index (χ0v) is 6.99. The lowest BCUT2D eigenvalue weighted by molar-refractivity contribution is 0.411. The molecule has 1 aliphatic rings. The maximum absolute atomic E-state index is 6.07. The van der Waals surface area contributed by atoms with E-state index < -0.39 is 0 Å². The fourth-order valence-corrected chi connectivity index (χ4v) is 2.42. The van der Waals surface area contributed by atoms with E-state index in [-0.39, 0.29) is 0 Å². The van der Waals surface area contributed by atoms with Gasteiger partial charge in [0.05, 0.1) is 0 Å². The maximum atomic E-state index is 6.07. The summed E-state index contributed by atoms with van der Waals surface area (Å²) in [5, 5.41) is 0.477. The van der Waals surface area contributed by atoms with Crippen LogP contribution >= 0.6 is 11.6 Å². The number of hydrogen-bond acceptors (Lipinski definition) is 0. The number of hydrogen-bond donors (Lipinski definition) is 0. The standard InChI is InChI=1S/C8H15Cl/c1-3-7-6(2)4-5-8(7)9/h6-8H,3-5H2,1-2H3. The van der Waals surface area contributed by atoms with Crippen molar-refractivity contribution in [2.24, 2.45) is 11.8 Å². The highest BCUT2D eigenvalue weighted by atomic mass is 35.5. The first kappa shape index (κ1) is 7.40. The third-order valence-corrected chi connectivity index (χ3v) is 3.11. The predicted octanol–water partition coefficient (Wildman–Crippen LogP) is 3.05. The Bertz CT molecular complexity index is 80.6. The van der Waals surface area contributed by atoms with Crippen molar-refractivity contribution in [1.29, 1.82) is 0 Å². The summed E-state index contributed by atoms with van der Waals surface area (Å²) < 4.78 is 0. The highest BCUT2D eigenvalue weighted by Crippen LogP contribution is 2.36. The van der Waals surface area contributed by atoms with Gasteiger partial charge in [0.2, 0.25) is 0 Å². The van der Waals surface area contributed by atoms with Gasteiger partial charge in [-0.15, -0.1) is 11.6 Å². The van der Waals surface area contributed by atoms with Crippen LogP contribution in [0.4, 0.5) is 0 Å². The molecule has 0 heterocycles. The molecule has 1 heteroatoms. The van der Waals surface area contributed by atoms with Crippen molar-refractivity contribution in [3.63, 3.8) is 0 Å². The minimum atomic E-state index is 0.477. The molecule has 0 aromatic carbocycles. The number of halogens is 1. The molecular weight excluding hydrogens is 132 g/mol. The second kappa shape index (κ2) is 2.92. The van der Waals surface area contributed by atoms with Gasteiger partial charge in [0, 0.05) is 5.38 Å². The Morgan fingerprint density at radius 1 is 1.44 bits per heavy atom. The topological polar surface area (TPSA) is 0 Å². The molecule has 9 heavy (non-hydrogen) atoms. The monoisotopic (exact) mass is 146 g/mol. The zero-order valence-electron chi connectivity index (χ0n) is 6.23. The van der Waals surface area contributed by atoms with E-state index >= 15 is 0 Å². The molecule has 54 valence electrons. The first-order valence-corrected chi connectivity index (χ1v) is 4.33. The number of alkyl halides is 1. The van der Waals surface area contributed by atoms with E-state index in [0.717, 1.165) is 11.8 Å². The molecule has 0 nitrogen and oxygen atoms in total. The molecule has 3 atom stereocenters. The molecule has 1 aliphatic carbocycles. The van der Waals surface area contributed by atoms with Gasteiger partial charge in [-0.3, -0.25) is 0 Å². The van der Waals surface area contributed by atoms with Gasteiger partial charge in [-0.2, -0.15) is 0 Å². The van der Waals surface area contributed by atoms with Crippen LogP contribution in [0.5, 0.6) is 0 Å². The van der Waals surface area contributed by atoms with E-state index in [1.54, 1.807) is 0 Å². The van der Waals surface area contributed by atoms with E-state index in [2.05, 4.69) is 13.8 Å². The molecule has 0 spiro atoms. The van der Waals surface area contributed by atoms with Crippen LogP contribution in [0, 0.1) is 11.8 Å². The van der Waals surface area contributed by atoms with Crippen LogP contribution in [-0.2, 0) is 0 Å². The van der Waals surface area contributed by atoms with E-state index in [0.29, 0.717) is 5.38 Å². The Kier molecular flexibility index (Phi) is 2.40. The summed E-state index contributed by atoms with van der Waals surface area (Å²) in [5.41, 5.74) is 0. The molecule has 0 bridgehead atoms. The highest BCUT2D eigenvalue weighted by molar-refractivity contribution is 6.20. The predicted molar refractivity (Wildman–Crippen MR) is 41.8 cm³/mol. The number of rotatable bonds is 1. The first-order chi connectivity index (χ1) is 4.25. The van der Waals surface area contributed by atoms with Gasteiger partial charge in [0.15, 0.2) is 0 Å². The van der Waals surface area contributed by atoms with Gasteiger partial charge in [0.1, 0.15) is 0 Å². The molecule has 1 rings (SSSR count). The second-order valence-electron chi connectivity index (χ2n) is 3.14. The second-order valence-corrected chi connectivity index (χ2v) is 3.70. The average Bonchev–Trinajstić information content (AvgIpc) is 2.12. The summed E-state index contributed by atoms with van der Waals surface area (Å²) in [6.45, 7) is 4.55. The van der Waals surface area contributed by atoms with E-state index in [4.69, 9.17) is 11.6 Å². The van der Waals surface area contributed by atoms with E-state index in [9.17, 15) is 0 Å². The zero-order chi connectivity index (χ0) is 6.85.